The maximum Gasteiger partial charge on any atom is 0.164 e. The summed E-state index contributed by atoms with van der Waals surface area (Å²) in [7, 11) is 0. The highest BCUT2D eigenvalue weighted by Gasteiger charge is 2.28. The monoisotopic (exact) mass is 1460 g/mol. The molecule has 0 bridgehead atoms. The third-order valence-corrected chi connectivity index (χ3v) is 20.4. The molecular formula is C98H58N16. The van der Waals surface area contributed by atoms with Gasteiger partial charge in [-0.3, -0.25) is 0 Å². The van der Waals surface area contributed by atoms with Crippen molar-refractivity contribution in [1.29, 1.82) is 10.5 Å². The van der Waals surface area contributed by atoms with Crippen molar-refractivity contribution in [3.8, 4) is 171 Å². The number of nitrogens with zero attached hydrogens (tertiary/aromatic N) is 16. The molecule has 114 heavy (non-hydrogen) atoms. The van der Waals surface area contributed by atoms with Gasteiger partial charge in [0.15, 0.2) is 69.9 Å². The molecule has 0 aliphatic rings. The zero-order valence-corrected chi connectivity index (χ0v) is 60.6. The lowest BCUT2D eigenvalue weighted by atomic mass is 9.96. The minimum atomic E-state index is 0.281. The second-order valence-electron chi connectivity index (χ2n) is 27.4. The predicted octanol–water partition coefficient (Wildman–Crippen LogP) is 22.0. The van der Waals surface area contributed by atoms with E-state index in [0.717, 1.165) is 66.1 Å². The first-order valence-electron chi connectivity index (χ1n) is 37.1. The summed E-state index contributed by atoms with van der Waals surface area (Å²) in [5.74, 6) is 5.70. The number of fused-ring (bicyclic) bond motifs is 6. The van der Waals surface area contributed by atoms with Gasteiger partial charge in [0, 0.05) is 88.3 Å². The van der Waals surface area contributed by atoms with E-state index >= 15 is 0 Å². The first-order valence-corrected chi connectivity index (χ1v) is 37.1. The third-order valence-electron chi connectivity index (χ3n) is 20.4. The highest BCUT2D eigenvalue weighted by Crippen LogP contribution is 2.45. The number of nitriles is 2. The Morgan fingerprint density at radius 3 is 0.596 bits per heavy atom. The lowest BCUT2D eigenvalue weighted by molar-refractivity contribution is 1.07. The average Bonchev–Trinajstić information content (AvgIpc) is 1.56. The first kappa shape index (κ1) is 67.1. The van der Waals surface area contributed by atoms with Gasteiger partial charge in [-0.1, -0.05) is 309 Å². The Labute approximate surface area is 653 Å². The summed E-state index contributed by atoms with van der Waals surface area (Å²) in [6.45, 7) is 0. The van der Waals surface area contributed by atoms with Gasteiger partial charge in [-0.2, -0.15) is 10.5 Å². The van der Waals surface area contributed by atoms with Crippen molar-refractivity contribution in [1.82, 2.24) is 68.9 Å². The first-order chi connectivity index (χ1) is 56.4. The van der Waals surface area contributed by atoms with Gasteiger partial charge >= 0.3 is 0 Å². The molecule has 530 valence electrons. The number of hydrogen-bond donors (Lipinski definition) is 0. The van der Waals surface area contributed by atoms with Gasteiger partial charge in [-0.15, -0.1) is 0 Å². The standard InChI is InChI=1S/C98H58N16/c99-59-73-43-25-26-44-75(73)74-57-85(113-81-53-69(95-105-87(61-27-9-1-10-28-61)101-88(106-95)62-29-11-2-12-30-62)45-49-76(81)77-50-46-70(54-82(77)113)96-107-89(63-31-13-3-14-32-63)102-90(108-96)64-33-15-4-16-34-64)80(60-100)86(58-74)114-83-55-71(97-109-91(65-35-17-5-18-36-65)103-92(110-97)66-37-19-6-20-38-66)47-51-78(83)79-52-48-72(56-84(79)114)98-111-93(67-39-21-7-22-40-67)104-94(112-98)68-41-23-8-24-42-68/h1-58H. The molecule has 16 heteroatoms. The van der Waals surface area contributed by atoms with Gasteiger partial charge in [0.1, 0.15) is 11.6 Å². The maximum absolute atomic E-state index is 12.9. The summed E-state index contributed by atoms with van der Waals surface area (Å²) in [4.78, 5) is 62.5. The minimum absolute atomic E-state index is 0.281. The Hall–Kier alpha value is -16.3. The highest BCUT2D eigenvalue weighted by molar-refractivity contribution is 6.13. The van der Waals surface area contributed by atoms with Crippen molar-refractivity contribution >= 4 is 43.6 Å². The van der Waals surface area contributed by atoms with Gasteiger partial charge in [0.2, 0.25) is 0 Å². The van der Waals surface area contributed by atoms with Crippen LogP contribution in [0.3, 0.4) is 0 Å². The number of hydrogen-bond acceptors (Lipinski definition) is 14. The van der Waals surface area contributed by atoms with E-state index in [0.29, 0.717) is 142 Å². The Kier molecular flexibility index (Phi) is 16.9. The van der Waals surface area contributed by atoms with Crippen molar-refractivity contribution in [2.24, 2.45) is 0 Å². The van der Waals surface area contributed by atoms with Crippen LogP contribution >= 0.6 is 0 Å². The van der Waals surface area contributed by atoms with Crippen LogP contribution in [0.1, 0.15) is 11.1 Å². The molecule has 0 saturated heterocycles. The van der Waals surface area contributed by atoms with Gasteiger partial charge in [0.25, 0.3) is 0 Å². The lowest BCUT2D eigenvalue weighted by Gasteiger charge is -2.19. The molecule has 0 N–H and O–H groups in total. The second kappa shape index (κ2) is 28.7. The lowest BCUT2D eigenvalue weighted by Crippen LogP contribution is -2.06. The van der Waals surface area contributed by atoms with Crippen LogP contribution in [0.25, 0.3) is 203 Å². The fourth-order valence-electron chi connectivity index (χ4n) is 14.9. The molecule has 0 fully saturated rings. The molecule has 0 amide bonds. The quantitative estimate of drug-likeness (QED) is 0.0934. The van der Waals surface area contributed by atoms with E-state index in [2.05, 4.69) is 69.8 Å². The summed E-state index contributed by atoms with van der Waals surface area (Å²) in [5, 5.41) is 27.5. The fraction of sp³-hybridized carbons (Fsp3) is 0. The van der Waals surface area contributed by atoms with Crippen LogP contribution in [0.2, 0.25) is 0 Å². The van der Waals surface area contributed by atoms with Crippen molar-refractivity contribution in [2.45, 2.75) is 0 Å². The summed E-state index contributed by atoms with van der Waals surface area (Å²) < 4.78 is 4.31. The van der Waals surface area contributed by atoms with E-state index in [-0.39, 0.29) is 5.56 Å². The minimum Gasteiger partial charge on any atom is -0.308 e. The van der Waals surface area contributed by atoms with E-state index in [4.69, 9.17) is 59.8 Å². The molecule has 0 saturated carbocycles. The molecule has 20 rings (SSSR count). The molecule has 16 nitrogen and oxygen atoms in total. The second-order valence-corrected chi connectivity index (χ2v) is 27.4. The molecule has 0 spiro atoms. The summed E-state index contributed by atoms with van der Waals surface area (Å²) in [5.41, 5.74) is 15.1. The zero-order valence-electron chi connectivity index (χ0n) is 60.6. The van der Waals surface area contributed by atoms with E-state index in [1.165, 1.54) is 0 Å². The van der Waals surface area contributed by atoms with Crippen molar-refractivity contribution in [3.05, 3.63) is 363 Å². The largest absolute Gasteiger partial charge is 0.308 e. The summed E-state index contributed by atoms with van der Waals surface area (Å²) >= 11 is 0. The normalized spacial score (nSPS) is 11.3. The summed E-state index contributed by atoms with van der Waals surface area (Å²) in [6, 6.07) is 121. The van der Waals surface area contributed by atoms with Crippen LogP contribution in [-0.2, 0) is 0 Å². The Morgan fingerprint density at radius 2 is 0.386 bits per heavy atom. The third kappa shape index (κ3) is 12.4. The topological polar surface area (TPSA) is 212 Å². The molecule has 0 aliphatic carbocycles. The van der Waals surface area contributed by atoms with Crippen LogP contribution in [-0.4, -0.2) is 68.9 Å². The van der Waals surface area contributed by atoms with Gasteiger partial charge in [-0.05, 0) is 53.6 Å². The van der Waals surface area contributed by atoms with Crippen LogP contribution in [0.15, 0.2) is 352 Å². The molecular weight excluding hydrogens is 1400 g/mol. The average molecular weight is 1460 g/mol. The molecule has 20 aromatic rings. The van der Waals surface area contributed by atoms with E-state index in [1.54, 1.807) is 0 Å². The molecule has 14 aromatic carbocycles. The Balaban J connectivity index is 0.899. The van der Waals surface area contributed by atoms with E-state index < -0.39 is 0 Å². The number of aromatic nitrogens is 14. The molecule has 0 unspecified atom stereocenters. The number of rotatable bonds is 15. The molecule has 6 heterocycles. The molecule has 0 aliphatic heterocycles. The van der Waals surface area contributed by atoms with Crippen LogP contribution in [0.5, 0.6) is 0 Å². The van der Waals surface area contributed by atoms with Crippen LogP contribution < -0.4 is 0 Å². The molecule has 6 aromatic heterocycles. The van der Waals surface area contributed by atoms with E-state index in [1.807, 2.05) is 303 Å². The highest BCUT2D eigenvalue weighted by atomic mass is 15.1. The van der Waals surface area contributed by atoms with Gasteiger partial charge < -0.3 is 9.13 Å². The Morgan fingerprint density at radius 1 is 0.184 bits per heavy atom. The molecule has 0 atom stereocenters. The van der Waals surface area contributed by atoms with Crippen LogP contribution in [0, 0.1) is 22.7 Å². The maximum atomic E-state index is 12.9. The van der Waals surface area contributed by atoms with Crippen molar-refractivity contribution < 1.29 is 0 Å². The Bertz CT molecular complexity index is 6220. The number of benzene rings is 14. The predicted molar refractivity (Wildman–Crippen MR) is 449 cm³/mol. The smallest absolute Gasteiger partial charge is 0.164 e. The van der Waals surface area contributed by atoms with Gasteiger partial charge in [0.05, 0.1) is 45.1 Å². The van der Waals surface area contributed by atoms with Crippen molar-refractivity contribution in [2.75, 3.05) is 0 Å². The summed E-state index contributed by atoms with van der Waals surface area (Å²) in [6.07, 6.45) is 0. The SMILES string of the molecule is N#Cc1ccccc1-c1cc(-n2c3cc(-c4nc(-c5ccccc5)nc(-c5ccccc5)n4)ccc3c3ccc(-c4nc(-c5ccccc5)nc(-c5ccccc5)n4)cc32)c(C#N)c(-n2c3cc(-c4nc(-c5ccccc5)nc(-c5ccccc5)n4)ccc3c3ccc(-c4nc(-c5ccccc5)nc(-c5ccccc5)n4)cc32)c1. The van der Waals surface area contributed by atoms with Crippen LogP contribution in [0.4, 0.5) is 0 Å². The molecule has 0 radical (unpaired) electrons. The fourth-order valence-corrected chi connectivity index (χ4v) is 14.9. The van der Waals surface area contributed by atoms with Gasteiger partial charge in [-0.25, -0.2) is 59.8 Å². The van der Waals surface area contributed by atoms with E-state index in [9.17, 15) is 10.5 Å². The zero-order chi connectivity index (χ0) is 76.0. The van der Waals surface area contributed by atoms with Crippen molar-refractivity contribution in [3.63, 3.8) is 0 Å².